The van der Waals surface area contributed by atoms with E-state index in [-0.39, 0.29) is 11.5 Å². The summed E-state index contributed by atoms with van der Waals surface area (Å²) in [6, 6.07) is 12.6. The fraction of sp³-hybridized carbons (Fsp3) is 0.263. The third kappa shape index (κ3) is 3.11. The number of carbonyl (C=O) groups is 2. The first kappa shape index (κ1) is 15.3. The largest absolute Gasteiger partial charge is 0.478 e. The molecule has 2 aromatic carbocycles. The molecule has 0 unspecified atom stereocenters. The van der Waals surface area contributed by atoms with Gasteiger partial charge >= 0.3 is 5.97 Å². The average Bonchev–Trinajstić information content (AvgIpc) is 3.03. The molecule has 0 aromatic heterocycles. The molecule has 0 fully saturated rings. The van der Waals surface area contributed by atoms with Crippen LogP contribution in [0.3, 0.4) is 0 Å². The van der Waals surface area contributed by atoms with Crippen LogP contribution in [0.25, 0.3) is 0 Å². The molecular weight excluding hydrogens is 290 g/mol. The number of amides is 1. The lowest BCUT2D eigenvalue weighted by molar-refractivity contribution is 0.0695. The van der Waals surface area contributed by atoms with Crippen molar-refractivity contribution in [3.8, 4) is 0 Å². The highest BCUT2D eigenvalue weighted by atomic mass is 16.4. The van der Waals surface area contributed by atoms with Crippen LogP contribution in [0.1, 0.15) is 43.8 Å². The smallest absolute Gasteiger partial charge is 0.335 e. The highest BCUT2D eigenvalue weighted by molar-refractivity contribution is 5.96. The van der Waals surface area contributed by atoms with E-state index in [0.717, 1.165) is 30.4 Å². The predicted octanol–water partition coefficient (Wildman–Crippen LogP) is 3.15. The van der Waals surface area contributed by atoms with Crippen LogP contribution in [0.4, 0.5) is 0 Å². The van der Waals surface area contributed by atoms with Crippen molar-refractivity contribution < 1.29 is 14.7 Å². The van der Waals surface area contributed by atoms with Gasteiger partial charge in [-0.1, -0.05) is 24.3 Å². The Kier molecular flexibility index (Phi) is 4.15. The number of hydrogen-bond donors (Lipinski definition) is 1. The molecule has 1 amide bonds. The molecular formula is C19H19NO3. The molecule has 0 saturated heterocycles. The standard InChI is InChI=1S/C19H19NO3/c1-20(12-13-8-10-15(11-9-13)19(22)23)18(21)17-7-3-5-14-4-2-6-16(14)17/h3,5,7-11H,2,4,6,12H2,1H3,(H,22,23). The summed E-state index contributed by atoms with van der Waals surface area (Å²) in [5.41, 5.74) is 4.44. The van der Waals surface area contributed by atoms with Crippen LogP contribution in [0.5, 0.6) is 0 Å². The topological polar surface area (TPSA) is 57.6 Å². The van der Waals surface area contributed by atoms with Gasteiger partial charge in [0.05, 0.1) is 5.56 Å². The van der Waals surface area contributed by atoms with E-state index in [4.69, 9.17) is 5.11 Å². The zero-order chi connectivity index (χ0) is 16.4. The first-order valence-corrected chi connectivity index (χ1v) is 7.74. The molecule has 0 spiro atoms. The van der Waals surface area contributed by atoms with Crippen molar-refractivity contribution in [2.24, 2.45) is 0 Å². The van der Waals surface area contributed by atoms with Gasteiger partial charge in [-0.3, -0.25) is 4.79 Å². The van der Waals surface area contributed by atoms with E-state index in [1.807, 2.05) is 12.1 Å². The Bertz CT molecular complexity index is 750. The van der Waals surface area contributed by atoms with Crippen LogP contribution in [0, 0.1) is 0 Å². The van der Waals surface area contributed by atoms with Crippen molar-refractivity contribution in [3.05, 3.63) is 70.3 Å². The summed E-state index contributed by atoms with van der Waals surface area (Å²) < 4.78 is 0. The van der Waals surface area contributed by atoms with Crippen LogP contribution in [-0.2, 0) is 19.4 Å². The van der Waals surface area contributed by atoms with E-state index >= 15 is 0 Å². The number of carboxylic acids is 1. The monoisotopic (exact) mass is 309 g/mol. The van der Waals surface area contributed by atoms with E-state index < -0.39 is 5.97 Å². The predicted molar refractivity (Wildman–Crippen MR) is 87.7 cm³/mol. The maximum Gasteiger partial charge on any atom is 0.335 e. The number of benzene rings is 2. The van der Waals surface area contributed by atoms with Crippen molar-refractivity contribution >= 4 is 11.9 Å². The minimum absolute atomic E-state index is 0.0195. The van der Waals surface area contributed by atoms with Gasteiger partial charge in [0.2, 0.25) is 0 Å². The summed E-state index contributed by atoms with van der Waals surface area (Å²) in [7, 11) is 1.78. The van der Waals surface area contributed by atoms with Gasteiger partial charge in [0.1, 0.15) is 0 Å². The molecule has 1 aliphatic rings. The summed E-state index contributed by atoms with van der Waals surface area (Å²) in [6.45, 7) is 0.461. The molecule has 0 aliphatic heterocycles. The fourth-order valence-electron chi connectivity index (χ4n) is 3.12. The zero-order valence-corrected chi connectivity index (χ0v) is 13.1. The van der Waals surface area contributed by atoms with Gasteiger partial charge in [-0.25, -0.2) is 4.79 Å². The summed E-state index contributed by atoms with van der Waals surface area (Å²) in [4.78, 5) is 25.3. The van der Waals surface area contributed by atoms with Gasteiger partial charge in [-0.2, -0.15) is 0 Å². The highest BCUT2D eigenvalue weighted by Crippen LogP contribution is 2.26. The maximum absolute atomic E-state index is 12.7. The number of aryl methyl sites for hydroxylation is 1. The lowest BCUT2D eigenvalue weighted by Gasteiger charge is -2.19. The number of fused-ring (bicyclic) bond motifs is 1. The Hall–Kier alpha value is -2.62. The lowest BCUT2D eigenvalue weighted by Crippen LogP contribution is -2.27. The molecule has 0 atom stereocenters. The van der Waals surface area contributed by atoms with Gasteiger partial charge in [-0.15, -0.1) is 0 Å². The first-order chi connectivity index (χ1) is 11.1. The Morgan fingerprint density at radius 3 is 2.52 bits per heavy atom. The quantitative estimate of drug-likeness (QED) is 0.944. The fourth-order valence-corrected chi connectivity index (χ4v) is 3.12. The Morgan fingerprint density at radius 1 is 1.09 bits per heavy atom. The van der Waals surface area contributed by atoms with Crippen LogP contribution in [0.15, 0.2) is 42.5 Å². The minimum Gasteiger partial charge on any atom is -0.478 e. The number of carbonyl (C=O) groups excluding carboxylic acids is 1. The van der Waals surface area contributed by atoms with Crippen molar-refractivity contribution in [2.45, 2.75) is 25.8 Å². The molecule has 3 rings (SSSR count). The normalized spacial score (nSPS) is 12.7. The second-order valence-corrected chi connectivity index (χ2v) is 5.96. The number of carboxylic acid groups (broad SMARTS) is 1. The van der Waals surface area contributed by atoms with E-state index in [1.165, 1.54) is 11.1 Å². The van der Waals surface area contributed by atoms with Gasteiger partial charge in [0.25, 0.3) is 5.91 Å². The molecule has 118 valence electrons. The average molecular weight is 309 g/mol. The van der Waals surface area contributed by atoms with Crippen molar-refractivity contribution in [2.75, 3.05) is 7.05 Å². The Balaban J connectivity index is 1.75. The summed E-state index contributed by atoms with van der Waals surface area (Å²) >= 11 is 0. The van der Waals surface area contributed by atoms with Gasteiger partial charge in [0, 0.05) is 19.2 Å². The van der Waals surface area contributed by atoms with Crippen molar-refractivity contribution in [1.82, 2.24) is 4.90 Å². The van der Waals surface area contributed by atoms with E-state index in [0.29, 0.717) is 6.54 Å². The molecule has 0 bridgehead atoms. The second kappa shape index (κ2) is 6.24. The summed E-state index contributed by atoms with van der Waals surface area (Å²) in [6.07, 6.45) is 3.13. The Labute approximate surface area is 135 Å². The molecule has 4 heteroatoms. The third-order valence-corrected chi connectivity index (χ3v) is 4.34. The number of hydrogen-bond acceptors (Lipinski definition) is 2. The molecule has 1 N–H and O–H groups in total. The van der Waals surface area contributed by atoms with Crippen LogP contribution >= 0.6 is 0 Å². The first-order valence-electron chi connectivity index (χ1n) is 7.74. The van der Waals surface area contributed by atoms with Gasteiger partial charge in [0.15, 0.2) is 0 Å². The maximum atomic E-state index is 12.7. The van der Waals surface area contributed by atoms with Crippen LogP contribution in [0.2, 0.25) is 0 Å². The number of rotatable bonds is 4. The summed E-state index contributed by atoms with van der Waals surface area (Å²) in [5.74, 6) is -0.924. The van der Waals surface area contributed by atoms with Crippen molar-refractivity contribution in [3.63, 3.8) is 0 Å². The molecule has 2 aromatic rings. The van der Waals surface area contributed by atoms with Crippen LogP contribution in [-0.4, -0.2) is 28.9 Å². The molecule has 0 radical (unpaired) electrons. The summed E-state index contributed by atoms with van der Waals surface area (Å²) in [5, 5.41) is 8.92. The SMILES string of the molecule is CN(Cc1ccc(C(=O)O)cc1)C(=O)c1cccc2c1CCC2. The van der Waals surface area contributed by atoms with Crippen molar-refractivity contribution in [1.29, 1.82) is 0 Å². The highest BCUT2D eigenvalue weighted by Gasteiger charge is 2.21. The van der Waals surface area contributed by atoms with Crippen LogP contribution < -0.4 is 0 Å². The van der Waals surface area contributed by atoms with E-state index in [9.17, 15) is 9.59 Å². The second-order valence-electron chi connectivity index (χ2n) is 5.96. The number of nitrogens with zero attached hydrogens (tertiary/aromatic N) is 1. The van der Waals surface area contributed by atoms with Gasteiger partial charge in [-0.05, 0) is 54.2 Å². The van der Waals surface area contributed by atoms with E-state index in [1.54, 1.807) is 36.2 Å². The molecule has 0 saturated carbocycles. The molecule has 1 aliphatic carbocycles. The zero-order valence-electron chi connectivity index (χ0n) is 13.1. The molecule has 4 nitrogen and oxygen atoms in total. The third-order valence-electron chi connectivity index (χ3n) is 4.34. The Morgan fingerprint density at radius 2 is 1.83 bits per heavy atom. The van der Waals surface area contributed by atoms with E-state index in [2.05, 4.69) is 6.07 Å². The molecule has 23 heavy (non-hydrogen) atoms. The molecule has 0 heterocycles. The number of aromatic carboxylic acids is 1. The minimum atomic E-state index is -0.944. The lowest BCUT2D eigenvalue weighted by atomic mass is 10.0. The van der Waals surface area contributed by atoms with Gasteiger partial charge < -0.3 is 10.0 Å².